The molecule has 28 heavy (non-hydrogen) atoms. The van der Waals surface area contributed by atoms with Crippen molar-refractivity contribution in [3.63, 3.8) is 0 Å². The molecular formula is C22H22N4O2. The second-order valence-electron chi connectivity index (χ2n) is 7.01. The van der Waals surface area contributed by atoms with E-state index in [1.54, 1.807) is 4.90 Å². The van der Waals surface area contributed by atoms with E-state index in [1.165, 1.54) is 6.20 Å². The zero-order valence-electron chi connectivity index (χ0n) is 15.5. The predicted octanol–water partition coefficient (Wildman–Crippen LogP) is 2.80. The molecule has 0 radical (unpaired) electrons. The molecule has 0 spiro atoms. The minimum Gasteiger partial charge on any atom is -0.352 e. The number of rotatable bonds is 4. The van der Waals surface area contributed by atoms with Gasteiger partial charge in [-0.1, -0.05) is 42.5 Å². The van der Waals surface area contributed by atoms with E-state index in [4.69, 9.17) is 0 Å². The van der Waals surface area contributed by atoms with Gasteiger partial charge < -0.3 is 10.2 Å². The summed E-state index contributed by atoms with van der Waals surface area (Å²) in [6.07, 6.45) is 2.85. The second-order valence-corrected chi connectivity index (χ2v) is 7.01. The van der Waals surface area contributed by atoms with Crippen LogP contribution in [-0.2, 0) is 11.3 Å². The summed E-state index contributed by atoms with van der Waals surface area (Å²) in [5.74, 6) is -0.127. The first kappa shape index (κ1) is 18.1. The van der Waals surface area contributed by atoms with Gasteiger partial charge in [0, 0.05) is 25.6 Å². The molecule has 3 aromatic rings. The van der Waals surface area contributed by atoms with Crippen LogP contribution in [0.1, 0.15) is 28.9 Å². The molecule has 1 aliphatic rings. The highest BCUT2D eigenvalue weighted by molar-refractivity contribution is 5.94. The maximum absolute atomic E-state index is 12.8. The lowest BCUT2D eigenvalue weighted by molar-refractivity contribution is -0.126. The molecule has 0 bridgehead atoms. The topological polar surface area (TPSA) is 75.2 Å². The highest BCUT2D eigenvalue weighted by atomic mass is 16.2. The van der Waals surface area contributed by atoms with Crippen molar-refractivity contribution in [2.24, 2.45) is 5.92 Å². The van der Waals surface area contributed by atoms with Crippen molar-refractivity contribution >= 4 is 22.8 Å². The van der Waals surface area contributed by atoms with Crippen molar-refractivity contribution in [1.29, 1.82) is 0 Å². The first-order valence-electron chi connectivity index (χ1n) is 9.53. The molecule has 142 valence electrons. The zero-order chi connectivity index (χ0) is 19.3. The Balaban J connectivity index is 1.32. The number of likely N-dealkylation sites (tertiary alicyclic amines) is 1. The molecule has 6 nitrogen and oxygen atoms in total. The average molecular weight is 374 g/mol. The summed E-state index contributed by atoms with van der Waals surface area (Å²) < 4.78 is 0. The Kier molecular flexibility index (Phi) is 5.28. The van der Waals surface area contributed by atoms with Crippen molar-refractivity contribution in [3.8, 4) is 0 Å². The molecule has 1 N–H and O–H groups in total. The molecule has 2 aromatic carbocycles. The Morgan fingerprint density at radius 1 is 0.964 bits per heavy atom. The third-order valence-corrected chi connectivity index (χ3v) is 5.13. The summed E-state index contributed by atoms with van der Waals surface area (Å²) in [5, 5.41) is 3.00. The van der Waals surface area contributed by atoms with Crippen LogP contribution in [0.15, 0.2) is 60.8 Å². The van der Waals surface area contributed by atoms with Gasteiger partial charge in [-0.25, -0.2) is 4.98 Å². The number of hydrogen-bond donors (Lipinski definition) is 1. The Morgan fingerprint density at radius 2 is 1.64 bits per heavy atom. The van der Waals surface area contributed by atoms with Gasteiger partial charge in [-0.15, -0.1) is 0 Å². The van der Waals surface area contributed by atoms with Crippen LogP contribution in [0.4, 0.5) is 0 Å². The van der Waals surface area contributed by atoms with Gasteiger partial charge in [-0.05, 0) is 30.5 Å². The Labute approximate surface area is 163 Å². The van der Waals surface area contributed by atoms with E-state index < -0.39 is 0 Å². The highest BCUT2D eigenvalue weighted by Crippen LogP contribution is 2.19. The fraction of sp³-hybridized carbons (Fsp3) is 0.273. The molecule has 1 aromatic heterocycles. The number of piperidine rings is 1. The summed E-state index contributed by atoms with van der Waals surface area (Å²) in [4.78, 5) is 35.7. The van der Waals surface area contributed by atoms with Gasteiger partial charge in [0.25, 0.3) is 5.91 Å². The maximum Gasteiger partial charge on any atom is 0.274 e. The lowest BCUT2D eigenvalue weighted by Crippen LogP contribution is -2.43. The number of amides is 2. The van der Waals surface area contributed by atoms with Crippen molar-refractivity contribution in [2.75, 3.05) is 13.1 Å². The van der Waals surface area contributed by atoms with Crippen LogP contribution in [0.25, 0.3) is 11.0 Å². The third-order valence-electron chi connectivity index (χ3n) is 5.13. The van der Waals surface area contributed by atoms with Gasteiger partial charge in [0.1, 0.15) is 5.69 Å². The normalized spacial score (nSPS) is 14.8. The van der Waals surface area contributed by atoms with E-state index in [-0.39, 0.29) is 17.7 Å². The van der Waals surface area contributed by atoms with Crippen molar-refractivity contribution in [3.05, 3.63) is 72.1 Å². The molecule has 6 heteroatoms. The van der Waals surface area contributed by atoms with Gasteiger partial charge in [-0.2, -0.15) is 0 Å². The summed E-state index contributed by atoms with van der Waals surface area (Å²) in [6.45, 7) is 1.64. The summed E-state index contributed by atoms with van der Waals surface area (Å²) >= 11 is 0. The number of fused-ring (bicyclic) bond motifs is 1. The predicted molar refractivity (Wildman–Crippen MR) is 106 cm³/mol. The molecule has 2 heterocycles. The largest absolute Gasteiger partial charge is 0.352 e. The van der Waals surface area contributed by atoms with Crippen LogP contribution in [0, 0.1) is 5.92 Å². The highest BCUT2D eigenvalue weighted by Gasteiger charge is 2.28. The van der Waals surface area contributed by atoms with Crippen LogP contribution in [-0.4, -0.2) is 39.8 Å². The number of hydrogen-bond acceptors (Lipinski definition) is 4. The Bertz CT molecular complexity index is 982. The first-order chi connectivity index (χ1) is 13.7. The second kappa shape index (κ2) is 8.17. The quantitative estimate of drug-likeness (QED) is 0.762. The molecule has 1 fully saturated rings. The zero-order valence-corrected chi connectivity index (χ0v) is 15.5. The molecule has 2 amide bonds. The molecule has 0 aliphatic carbocycles. The van der Waals surface area contributed by atoms with E-state index in [0.717, 1.165) is 11.1 Å². The Morgan fingerprint density at radius 3 is 2.39 bits per heavy atom. The molecule has 0 atom stereocenters. The minimum atomic E-state index is -0.124. The number of aromatic nitrogens is 2. The monoisotopic (exact) mass is 374 g/mol. The van der Waals surface area contributed by atoms with E-state index >= 15 is 0 Å². The van der Waals surface area contributed by atoms with Crippen LogP contribution in [0.3, 0.4) is 0 Å². The van der Waals surface area contributed by atoms with Gasteiger partial charge in [-0.3, -0.25) is 14.6 Å². The summed E-state index contributed by atoms with van der Waals surface area (Å²) in [6, 6.07) is 17.4. The molecular weight excluding hydrogens is 352 g/mol. The van der Waals surface area contributed by atoms with Crippen molar-refractivity contribution in [1.82, 2.24) is 20.2 Å². The standard InChI is InChI=1S/C22H22N4O2/c27-21(24-14-16-6-2-1-3-7-16)17-10-12-26(13-11-17)22(28)20-15-23-18-8-4-5-9-19(18)25-20/h1-9,15,17H,10-14H2,(H,24,27). The molecule has 1 aliphatic heterocycles. The van der Waals surface area contributed by atoms with E-state index in [1.807, 2.05) is 54.6 Å². The Hall–Kier alpha value is -3.28. The van der Waals surface area contributed by atoms with Gasteiger partial charge >= 0.3 is 0 Å². The van der Waals surface area contributed by atoms with Crippen LogP contribution < -0.4 is 5.32 Å². The number of nitrogens with zero attached hydrogens (tertiary/aromatic N) is 3. The van der Waals surface area contributed by atoms with E-state index in [2.05, 4.69) is 15.3 Å². The number of carbonyl (C=O) groups excluding carboxylic acids is 2. The van der Waals surface area contributed by atoms with Gasteiger partial charge in [0.05, 0.1) is 17.2 Å². The molecule has 4 rings (SSSR count). The van der Waals surface area contributed by atoms with E-state index in [9.17, 15) is 9.59 Å². The molecule has 1 saturated heterocycles. The van der Waals surface area contributed by atoms with Crippen molar-refractivity contribution < 1.29 is 9.59 Å². The number of nitrogens with one attached hydrogen (secondary N) is 1. The first-order valence-corrected chi connectivity index (χ1v) is 9.53. The molecule has 0 unspecified atom stereocenters. The van der Waals surface area contributed by atoms with Gasteiger partial charge in [0.15, 0.2) is 0 Å². The lowest BCUT2D eigenvalue weighted by atomic mass is 9.95. The maximum atomic E-state index is 12.8. The minimum absolute atomic E-state index is 0.0569. The average Bonchev–Trinajstić information content (AvgIpc) is 2.77. The number of benzene rings is 2. The van der Waals surface area contributed by atoms with E-state index in [0.29, 0.717) is 43.7 Å². The number of para-hydroxylation sites is 2. The fourth-order valence-corrected chi connectivity index (χ4v) is 3.50. The smallest absolute Gasteiger partial charge is 0.274 e. The van der Waals surface area contributed by atoms with Crippen molar-refractivity contribution in [2.45, 2.75) is 19.4 Å². The summed E-state index contributed by atoms with van der Waals surface area (Å²) in [7, 11) is 0. The van der Waals surface area contributed by atoms with Crippen LogP contribution in [0.2, 0.25) is 0 Å². The van der Waals surface area contributed by atoms with Gasteiger partial charge in [0.2, 0.25) is 5.91 Å². The lowest BCUT2D eigenvalue weighted by Gasteiger charge is -2.31. The molecule has 0 saturated carbocycles. The van der Waals surface area contributed by atoms with Crippen LogP contribution >= 0.6 is 0 Å². The summed E-state index contributed by atoms with van der Waals surface area (Å²) in [5.41, 5.74) is 2.92. The number of carbonyl (C=O) groups is 2. The fourth-order valence-electron chi connectivity index (χ4n) is 3.50. The van der Waals surface area contributed by atoms with Crippen LogP contribution in [0.5, 0.6) is 0 Å². The third kappa shape index (κ3) is 4.01. The SMILES string of the molecule is O=C(NCc1ccccc1)C1CCN(C(=O)c2cnc3ccccc3n2)CC1.